The summed E-state index contributed by atoms with van der Waals surface area (Å²) in [4.78, 5) is 49.8. The predicted molar refractivity (Wildman–Crippen MR) is 103 cm³/mol. The molecule has 1 saturated carbocycles. The van der Waals surface area contributed by atoms with E-state index in [9.17, 15) is 29.5 Å². The van der Waals surface area contributed by atoms with Crippen LogP contribution in [-0.2, 0) is 14.4 Å². The highest BCUT2D eigenvalue weighted by Gasteiger charge is 2.39. The summed E-state index contributed by atoms with van der Waals surface area (Å²) in [6.45, 7) is 1.79. The van der Waals surface area contributed by atoms with Crippen LogP contribution in [0.4, 0.5) is 4.79 Å². The summed E-state index contributed by atoms with van der Waals surface area (Å²) in [5.41, 5.74) is 0. The highest BCUT2D eigenvalue weighted by Crippen LogP contribution is 2.32. The minimum Gasteiger partial charge on any atom is -0.392 e. The molecule has 1 heterocycles. The summed E-state index contributed by atoms with van der Waals surface area (Å²) in [5, 5.41) is 23.9. The van der Waals surface area contributed by atoms with Crippen LogP contribution in [0.15, 0.2) is 0 Å². The highest BCUT2D eigenvalue weighted by atomic mass is 16.5. The van der Waals surface area contributed by atoms with Gasteiger partial charge in [-0.15, -0.1) is 0 Å². The fourth-order valence-corrected chi connectivity index (χ4v) is 4.19. The second kappa shape index (κ2) is 11.1. The van der Waals surface area contributed by atoms with Gasteiger partial charge in [0.25, 0.3) is 5.91 Å². The molecule has 0 aromatic rings. The zero-order chi connectivity index (χ0) is 21.4. The van der Waals surface area contributed by atoms with Gasteiger partial charge in [-0.1, -0.05) is 25.7 Å². The molecule has 1 aliphatic carbocycles. The molecule has 2 fully saturated rings. The molecule has 2 aliphatic rings. The minimum atomic E-state index is -0.769. The van der Waals surface area contributed by atoms with Crippen molar-refractivity contribution in [2.24, 2.45) is 11.8 Å². The van der Waals surface area contributed by atoms with Gasteiger partial charge >= 0.3 is 6.03 Å². The van der Waals surface area contributed by atoms with Gasteiger partial charge in [0.15, 0.2) is 0 Å². The molecule has 1 aliphatic heterocycles. The Morgan fingerprint density at radius 2 is 1.90 bits per heavy atom. The molecule has 0 aromatic heterocycles. The molecule has 3 atom stereocenters. The number of nitrogens with zero attached hydrogens (tertiary/aromatic N) is 2. The standard InChI is InChI=1S/C19H32N4O6/c1-13(25)10-20-19(28)21-17(26)16-7-4-8-23(16)18(27)15(11-22(29)12-24)9-14-5-2-3-6-14/h12-16,25,29H,2-11H2,1H3,(H2,20,21,26,28)/t13-,15-,16+/m1/s1. The number of aliphatic hydroxyl groups excluding tert-OH is 1. The van der Waals surface area contributed by atoms with E-state index in [1.807, 2.05) is 0 Å². The maximum Gasteiger partial charge on any atom is 0.321 e. The number of likely N-dealkylation sites (tertiary alicyclic amines) is 1. The van der Waals surface area contributed by atoms with Crippen molar-refractivity contribution >= 4 is 24.3 Å². The summed E-state index contributed by atoms with van der Waals surface area (Å²) in [6.07, 6.45) is 5.42. The number of hydroxylamine groups is 2. The third-order valence-corrected chi connectivity index (χ3v) is 5.60. The van der Waals surface area contributed by atoms with Crippen molar-refractivity contribution in [3.8, 4) is 0 Å². The Hall–Kier alpha value is -2.20. The molecular weight excluding hydrogens is 380 g/mol. The Morgan fingerprint density at radius 3 is 2.52 bits per heavy atom. The van der Waals surface area contributed by atoms with E-state index in [-0.39, 0.29) is 25.4 Å². The number of aliphatic hydroxyl groups is 1. The van der Waals surface area contributed by atoms with Crippen molar-refractivity contribution in [2.45, 2.75) is 64.0 Å². The Labute approximate surface area is 170 Å². The van der Waals surface area contributed by atoms with Gasteiger partial charge < -0.3 is 15.3 Å². The lowest BCUT2D eigenvalue weighted by Gasteiger charge is -2.30. The van der Waals surface area contributed by atoms with E-state index >= 15 is 0 Å². The lowest BCUT2D eigenvalue weighted by atomic mass is 9.91. The summed E-state index contributed by atoms with van der Waals surface area (Å²) in [5.74, 6) is -1.08. The fourth-order valence-electron chi connectivity index (χ4n) is 4.19. The van der Waals surface area contributed by atoms with Crippen LogP contribution in [0, 0.1) is 11.8 Å². The molecule has 0 bridgehead atoms. The van der Waals surface area contributed by atoms with Crippen LogP contribution in [0.25, 0.3) is 0 Å². The van der Waals surface area contributed by atoms with Crippen molar-refractivity contribution in [2.75, 3.05) is 19.6 Å². The monoisotopic (exact) mass is 412 g/mol. The summed E-state index contributed by atoms with van der Waals surface area (Å²) >= 11 is 0. The quantitative estimate of drug-likeness (QED) is 0.243. The fraction of sp³-hybridized carbons (Fsp3) is 0.789. The molecule has 0 radical (unpaired) electrons. The smallest absolute Gasteiger partial charge is 0.321 e. The first-order chi connectivity index (χ1) is 13.8. The number of hydrogen-bond donors (Lipinski definition) is 4. The molecule has 5 amide bonds. The van der Waals surface area contributed by atoms with E-state index in [4.69, 9.17) is 0 Å². The lowest BCUT2D eigenvalue weighted by molar-refractivity contribution is -0.158. The Kier molecular flexibility index (Phi) is 8.84. The van der Waals surface area contributed by atoms with Gasteiger partial charge in [-0.2, -0.15) is 0 Å². The maximum atomic E-state index is 13.2. The summed E-state index contributed by atoms with van der Waals surface area (Å²) in [7, 11) is 0. The molecule has 4 N–H and O–H groups in total. The first-order valence-corrected chi connectivity index (χ1v) is 10.3. The van der Waals surface area contributed by atoms with Crippen molar-refractivity contribution in [1.82, 2.24) is 20.6 Å². The van der Waals surface area contributed by atoms with E-state index in [1.165, 1.54) is 11.8 Å². The Bertz CT molecular complexity index is 593. The topological polar surface area (TPSA) is 139 Å². The van der Waals surface area contributed by atoms with Gasteiger partial charge in [0, 0.05) is 13.1 Å². The van der Waals surface area contributed by atoms with E-state index < -0.39 is 30.0 Å². The number of carbonyl (C=O) groups is 4. The second-order valence-electron chi connectivity index (χ2n) is 8.05. The average molecular weight is 412 g/mol. The van der Waals surface area contributed by atoms with Gasteiger partial charge in [0.2, 0.25) is 12.3 Å². The number of nitrogens with one attached hydrogen (secondary N) is 2. The third kappa shape index (κ3) is 6.97. The first-order valence-electron chi connectivity index (χ1n) is 10.3. The largest absolute Gasteiger partial charge is 0.392 e. The Morgan fingerprint density at radius 1 is 1.21 bits per heavy atom. The van der Waals surface area contributed by atoms with Crippen LogP contribution in [0.1, 0.15) is 51.9 Å². The second-order valence-corrected chi connectivity index (χ2v) is 8.05. The van der Waals surface area contributed by atoms with Crippen molar-refractivity contribution < 1.29 is 29.5 Å². The van der Waals surface area contributed by atoms with Crippen LogP contribution >= 0.6 is 0 Å². The van der Waals surface area contributed by atoms with Gasteiger partial charge in [-0.05, 0) is 32.1 Å². The van der Waals surface area contributed by atoms with Gasteiger partial charge in [0.05, 0.1) is 18.6 Å². The van der Waals surface area contributed by atoms with Gasteiger partial charge in [-0.3, -0.25) is 24.9 Å². The molecule has 0 spiro atoms. The van der Waals surface area contributed by atoms with Crippen LogP contribution < -0.4 is 10.6 Å². The molecule has 29 heavy (non-hydrogen) atoms. The number of hydrogen-bond acceptors (Lipinski definition) is 6. The van der Waals surface area contributed by atoms with Crippen LogP contribution in [-0.4, -0.2) is 76.3 Å². The van der Waals surface area contributed by atoms with Crippen LogP contribution in [0.3, 0.4) is 0 Å². The van der Waals surface area contributed by atoms with Crippen molar-refractivity contribution in [3.05, 3.63) is 0 Å². The minimum absolute atomic E-state index is 0.00785. The van der Waals surface area contributed by atoms with E-state index in [2.05, 4.69) is 10.6 Å². The maximum absolute atomic E-state index is 13.2. The van der Waals surface area contributed by atoms with Gasteiger partial charge in [0.1, 0.15) is 6.04 Å². The molecular formula is C19H32N4O6. The summed E-state index contributed by atoms with van der Waals surface area (Å²) in [6, 6.07) is -1.49. The van der Waals surface area contributed by atoms with Crippen LogP contribution in [0.5, 0.6) is 0 Å². The number of rotatable bonds is 9. The Balaban J connectivity index is 2.01. The molecule has 0 unspecified atom stereocenters. The lowest BCUT2D eigenvalue weighted by Crippen LogP contribution is -2.52. The van der Waals surface area contributed by atoms with Crippen molar-refractivity contribution in [3.63, 3.8) is 0 Å². The number of imide groups is 1. The number of amides is 5. The van der Waals surface area contributed by atoms with E-state index in [1.54, 1.807) is 0 Å². The predicted octanol–water partition coefficient (Wildman–Crippen LogP) is 0.228. The molecule has 2 rings (SSSR count). The zero-order valence-electron chi connectivity index (χ0n) is 16.9. The first kappa shape index (κ1) is 23.1. The summed E-state index contributed by atoms with van der Waals surface area (Å²) < 4.78 is 0. The zero-order valence-corrected chi connectivity index (χ0v) is 16.9. The van der Waals surface area contributed by atoms with Crippen LogP contribution in [0.2, 0.25) is 0 Å². The number of carbonyl (C=O) groups excluding carboxylic acids is 4. The van der Waals surface area contributed by atoms with E-state index in [0.29, 0.717) is 36.8 Å². The third-order valence-electron chi connectivity index (χ3n) is 5.60. The number of urea groups is 1. The molecule has 1 saturated heterocycles. The van der Waals surface area contributed by atoms with E-state index in [0.717, 1.165) is 25.7 Å². The molecule has 10 heteroatoms. The molecule has 0 aromatic carbocycles. The van der Waals surface area contributed by atoms with Gasteiger partial charge in [-0.25, -0.2) is 9.86 Å². The average Bonchev–Trinajstić information content (AvgIpc) is 3.36. The molecule has 164 valence electrons. The molecule has 10 nitrogen and oxygen atoms in total. The normalized spacial score (nSPS) is 21.5. The van der Waals surface area contributed by atoms with Crippen molar-refractivity contribution in [1.29, 1.82) is 0 Å². The highest BCUT2D eigenvalue weighted by molar-refractivity contribution is 5.99. The SMILES string of the molecule is C[C@@H](O)CNC(=O)NC(=O)[C@@H]1CCCN1C(=O)[C@H](CC1CCCC1)CN(O)C=O.